The minimum atomic E-state index is 1.24. The standard InChI is InChI=1S/C11H12/c1-2-3-5-8-11-9-6-4-7-10-11/h2-10H,1H3/b3-2+,8-5?. The summed E-state index contributed by atoms with van der Waals surface area (Å²) in [5, 5.41) is 0. The number of allylic oxidation sites excluding steroid dienone is 3. The first-order chi connectivity index (χ1) is 5.43. The molecule has 0 saturated heterocycles. The molecule has 0 radical (unpaired) electrons. The SMILES string of the molecule is C/C=C/C=Cc1ccccc1. The van der Waals surface area contributed by atoms with Crippen molar-refractivity contribution in [2.75, 3.05) is 0 Å². The van der Waals surface area contributed by atoms with Gasteiger partial charge in [0.1, 0.15) is 0 Å². The van der Waals surface area contributed by atoms with Crippen LogP contribution in [0.4, 0.5) is 0 Å². The maximum atomic E-state index is 2.08. The van der Waals surface area contributed by atoms with Crippen molar-refractivity contribution in [1.29, 1.82) is 0 Å². The summed E-state index contributed by atoms with van der Waals surface area (Å²) >= 11 is 0. The molecular weight excluding hydrogens is 132 g/mol. The Bertz CT molecular complexity index is 242. The zero-order valence-electron chi connectivity index (χ0n) is 6.70. The molecule has 1 rings (SSSR count). The normalized spacial score (nSPS) is 11.4. The predicted octanol–water partition coefficient (Wildman–Crippen LogP) is 3.28. The highest BCUT2D eigenvalue weighted by molar-refractivity contribution is 5.50. The van der Waals surface area contributed by atoms with E-state index in [1.807, 2.05) is 43.4 Å². The highest BCUT2D eigenvalue weighted by Crippen LogP contribution is 2.00. The third-order valence-corrected chi connectivity index (χ3v) is 1.39. The maximum Gasteiger partial charge on any atom is -0.0257 e. The van der Waals surface area contributed by atoms with Crippen LogP contribution >= 0.6 is 0 Å². The van der Waals surface area contributed by atoms with Crippen LogP contribution in [0.25, 0.3) is 6.08 Å². The molecule has 0 aliphatic carbocycles. The van der Waals surface area contributed by atoms with Gasteiger partial charge in [-0.1, -0.05) is 54.6 Å². The van der Waals surface area contributed by atoms with Gasteiger partial charge in [0.05, 0.1) is 0 Å². The molecule has 1 aromatic rings. The summed E-state index contributed by atoms with van der Waals surface area (Å²) < 4.78 is 0. The second kappa shape index (κ2) is 4.51. The van der Waals surface area contributed by atoms with Crippen LogP contribution in [0.3, 0.4) is 0 Å². The van der Waals surface area contributed by atoms with E-state index in [9.17, 15) is 0 Å². The molecule has 0 fully saturated rings. The fourth-order valence-electron chi connectivity index (χ4n) is 0.842. The molecule has 0 atom stereocenters. The lowest BCUT2D eigenvalue weighted by molar-refractivity contribution is 1.66. The van der Waals surface area contributed by atoms with Crippen LogP contribution in [0.15, 0.2) is 48.6 Å². The average molecular weight is 144 g/mol. The Morgan fingerprint density at radius 1 is 1.00 bits per heavy atom. The van der Waals surface area contributed by atoms with Gasteiger partial charge in [-0.3, -0.25) is 0 Å². The molecule has 0 N–H and O–H groups in total. The summed E-state index contributed by atoms with van der Waals surface area (Å²) in [5.41, 5.74) is 1.24. The van der Waals surface area contributed by atoms with Gasteiger partial charge in [-0.2, -0.15) is 0 Å². The van der Waals surface area contributed by atoms with Crippen LogP contribution in [0.1, 0.15) is 12.5 Å². The molecule has 0 saturated carbocycles. The number of hydrogen-bond acceptors (Lipinski definition) is 0. The van der Waals surface area contributed by atoms with E-state index in [1.54, 1.807) is 0 Å². The van der Waals surface area contributed by atoms with Crippen molar-refractivity contribution in [1.82, 2.24) is 0 Å². The quantitative estimate of drug-likeness (QED) is 0.559. The molecule has 0 heteroatoms. The maximum absolute atomic E-state index is 2.08. The molecule has 0 heterocycles. The molecule has 0 spiro atoms. The van der Waals surface area contributed by atoms with Crippen molar-refractivity contribution in [2.24, 2.45) is 0 Å². The molecule has 0 nitrogen and oxygen atoms in total. The molecular formula is C11H12. The van der Waals surface area contributed by atoms with Crippen molar-refractivity contribution in [2.45, 2.75) is 6.92 Å². The summed E-state index contributed by atoms with van der Waals surface area (Å²) in [6.45, 7) is 2.01. The Labute approximate surface area is 67.9 Å². The first kappa shape index (κ1) is 7.80. The number of rotatable bonds is 2. The third-order valence-electron chi connectivity index (χ3n) is 1.39. The molecule has 0 unspecified atom stereocenters. The third kappa shape index (κ3) is 2.85. The van der Waals surface area contributed by atoms with Gasteiger partial charge in [-0.15, -0.1) is 0 Å². The molecule has 0 aliphatic heterocycles. The van der Waals surface area contributed by atoms with E-state index in [0.29, 0.717) is 0 Å². The molecule has 0 bridgehead atoms. The highest BCUT2D eigenvalue weighted by Gasteiger charge is 1.78. The van der Waals surface area contributed by atoms with Crippen LogP contribution in [-0.4, -0.2) is 0 Å². The molecule has 0 aromatic heterocycles. The fraction of sp³-hybridized carbons (Fsp3) is 0.0909. The number of hydrogen-bond donors (Lipinski definition) is 0. The van der Waals surface area contributed by atoms with Crippen molar-refractivity contribution in [3.63, 3.8) is 0 Å². The minimum absolute atomic E-state index is 1.24. The van der Waals surface area contributed by atoms with Gasteiger partial charge in [0, 0.05) is 0 Å². The molecule has 1 aromatic carbocycles. The lowest BCUT2D eigenvalue weighted by Gasteiger charge is -1.87. The van der Waals surface area contributed by atoms with E-state index in [1.165, 1.54) is 5.56 Å². The van der Waals surface area contributed by atoms with E-state index >= 15 is 0 Å². The van der Waals surface area contributed by atoms with Crippen LogP contribution < -0.4 is 0 Å². The van der Waals surface area contributed by atoms with Crippen molar-refractivity contribution in [3.05, 3.63) is 54.1 Å². The lowest BCUT2D eigenvalue weighted by Crippen LogP contribution is -1.66. The Hall–Kier alpha value is -1.30. The van der Waals surface area contributed by atoms with Gasteiger partial charge in [-0.05, 0) is 12.5 Å². The summed E-state index contributed by atoms with van der Waals surface area (Å²) in [6.07, 6.45) is 8.15. The second-order valence-corrected chi connectivity index (χ2v) is 2.30. The van der Waals surface area contributed by atoms with Crippen molar-refractivity contribution >= 4 is 6.08 Å². The van der Waals surface area contributed by atoms with Crippen LogP contribution in [0.2, 0.25) is 0 Å². The zero-order valence-corrected chi connectivity index (χ0v) is 6.70. The van der Waals surface area contributed by atoms with E-state index < -0.39 is 0 Å². The van der Waals surface area contributed by atoms with Crippen LogP contribution in [-0.2, 0) is 0 Å². The first-order valence-corrected chi connectivity index (χ1v) is 3.78. The van der Waals surface area contributed by atoms with E-state index in [-0.39, 0.29) is 0 Å². The minimum Gasteiger partial charge on any atom is -0.0877 e. The van der Waals surface area contributed by atoms with Gasteiger partial charge in [0.25, 0.3) is 0 Å². The molecule has 0 aliphatic rings. The Morgan fingerprint density at radius 2 is 1.73 bits per heavy atom. The Morgan fingerprint density at radius 3 is 2.36 bits per heavy atom. The van der Waals surface area contributed by atoms with Crippen molar-refractivity contribution < 1.29 is 0 Å². The Kier molecular flexibility index (Phi) is 3.20. The predicted molar refractivity (Wildman–Crippen MR) is 50.3 cm³/mol. The van der Waals surface area contributed by atoms with E-state index in [4.69, 9.17) is 0 Å². The smallest absolute Gasteiger partial charge is 0.0257 e. The van der Waals surface area contributed by atoms with E-state index in [2.05, 4.69) is 18.2 Å². The Balaban J connectivity index is 2.64. The highest BCUT2D eigenvalue weighted by atomic mass is 13.8. The van der Waals surface area contributed by atoms with Crippen molar-refractivity contribution in [3.8, 4) is 0 Å². The monoisotopic (exact) mass is 144 g/mol. The van der Waals surface area contributed by atoms with Gasteiger partial charge < -0.3 is 0 Å². The molecule has 11 heavy (non-hydrogen) atoms. The molecule has 0 amide bonds. The first-order valence-electron chi connectivity index (χ1n) is 3.78. The summed E-state index contributed by atoms with van der Waals surface area (Å²) in [4.78, 5) is 0. The fourth-order valence-corrected chi connectivity index (χ4v) is 0.842. The number of benzene rings is 1. The van der Waals surface area contributed by atoms with Gasteiger partial charge in [0.2, 0.25) is 0 Å². The summed E-state index contributed by atoms with van der Waals surface area (Å²) in [6, 6.07) is 10.3. The summed E-state index contributed by atoms with van der Waals surface area (Å²) in [5.74, 6) is 0. The second-order valence-electron chi connectivity index (χ2n) is 2.30. The van der Waals surface area contributed by atoms with Crippen LogP contribution in [0, 0.1) is 0 Å². The lowest BCUT2D eigenvalue weighted by atomic mass is 10.2. The van der Waals surface area contributed by atoms with Gasteiger partial charge >= 0.3 is 0 Å². The van der Waals surface area contributed by atoms with Crippen LogP contribution in [0.5, 0.6) is 0 Å². The van der Waals surface area contributed by atoms with Gasteiger partial charge in [0.15, 0.2) is 0 Å². The largest absolute Gasteiger partial charge is 0.0877 e. The average Bonchev–Trinajstić information content (AvgIpc) is 2.07. The zero-order chi connectivity index (χ0) is 7.94. The van der Waals surface area contributed by atoms with E-state index in [0.717, 1.165) is 0 Å². The summed E-state index contributed by atoms with van der Waals surface area (Å²) in [7, 11) is 0. The molecule has 56 valence electrons. The topological polar surface area (TPSA) is 0 Å². The van der Waals surface area contributed by atoms with Gasteiger partial charge in [-0.25, -0.2) is 0 Å².